The predicted molar refractivity (Wildman–Crippen MR) is 85.5 cm³/mol. The number of carbonyl (C=O) groups is 2. The number of rotatable bonds is 3. The molecule has 1 heterocycles. The van der Waals surface area contributed by atoms with Gasteiger partial charge in [0.15, 0.2) is 0 Å². The van der Waals surface area contributed by atoms with Crippen molar-refractivity contribution in [3.8, 4) is 0 Å². The maximum absolute atomic E-state index is 12.5. The maximum Gasteiger partial charge on any atom is 0.227 e. The molecule has 0 unspecified atom stereocenters. The van der Waals surface area contributed by atoms with Crippen molar-refractivity contribution in [1.29, 1.82) is 0 Å². The second-order valence-corrected chi connectivity index (χ2v) is 6.59. The first-order chi connectivity index (χ1) is 10.5. The summed E-state index contributed by atoms with van der Waals surface area (Å²) in [5, 5.41) is 0. The van der Waals surface area contributed by atoms with Crippen LogP contribution in [-0.4, -0.2) is 47.8 Å². The number of hydrogen-bond acceptors (Lipinski definition) is 2. The number of carbonyl (C=O) groups excluding carboxylic acids is 2. The van der Waals surface area contributed by atoms with Gasteiger partial charge in [0.05, 0.1) is 6.42 Å². The Bertz CT molecular complexity index is 585. The van der Waals surface area contributed by atoms with E-state index in [0.717, 1.165) is 18.4 Å². The normalized spacial score (nSPS) is 18.5. The summed E-state index contributed by atoms with van der Waals surface area (Å²) in [6.45, 7) is 6.82. The summed E-state index contributed by atoms with van der Waals surface area (Å²) in [7, 11) is 0. The van der Waals surface area contributed by atoms with E-state index in [1.165, 1.54) is 11.1 Å². The molecule has 0 bridgehead atoms. The number of hydrogen-bond donors (Lipinski definition) is 0. The highest BCUT2D eigenvalue weighted by atomic mass is 16.2. The molecule has 4 nitrogen and oxygen atoms in total. The number of nitrogens with zero attached hydrogens (tertiary/aromatic N) is 2. The molecule has 0 aromatic heterocycles. The molecule has 118 valence electrons. The third-order valence-electron chi connectivity index (χ3n) is 4.72. The Labute approximate surface area is 132 Å². The van der Waals surface area contributed by atoms with E-state index in [4.69, 9.17) is 0 Å². The van der Waals surface area contributed by atoms with Crippen molar-refractivity contribution in [3.05, 3.63) is 34.9 Å². The molecule has 1 aliphatic carbocycles. The van der Waals surface area contributed by atoms with Crippen LogP contribution in [0.5, 0.6) is 0 Å². The van der Waals surface area contributed by atoms with E-state index < -0.39 is 0 Å². The highest BCUT2D eigenvalue weighted by Gasteiger charge is 2.35. The smallest absolute Gasteiger partial charge is 0.227 e. The average molecular weight is 300 g/mol. The van der Waals surface area contributed by atoms with E-state index in [1.54, 1.807) is 0 Å². The van der Waals surface area contributed by atoms with Gasteiger partial charge in [-0.1, -0.05) is 23.8 Å². The van der Waals surface area contributed by atoms with Crippen molar-refractivity contribution >= 4 is 11.8 Å². The molecule has 1 aromatic rings. The van der Waals surface area contributed by atoms with Crippen LogP contribution in [0.3, 0.4) is 0 Å². The van der Waals surface area contributed by atoms with E-state index in [9.17, 15) is 9.59 Å². The summed E-state index contributed by atoms with van der Waals surface area (Å²) in [6.07, 6.45) is 2.55. The molecule has 0 atom stereocenters. The topological polar surface area (TPSA) is 40.6 Å². The minimum absolute atomic E-state index is 0.173. The highest BCUT2D eigenvalue weighted by molar-refractivity contribution is 5.82. The molecule has 0 spiro atoms. The molecule has 0 radical (unpaired) electrons. The van der Waals surface area contributed by atoms with Gasteiger partial charge in [-0.25, -0.2) is 0 Å². The zero-order valence-corrected chi connectivity index (χ0v) is 13.5. The first-order valence-corrected chi connectivity index (χ1v) is 8.17. The molecule has 22 heavy (non-hydrogen) atoms. The Morgan fingerprint density at radius 1 is 1.05 bits per heavy atom. The number of amides is 2. The van der Waals surface area contributed by atoms with Crippen molar-refractivity contribution < 1.29 is 9.59 Å². The Morgan fingerprint density at radius 2 is 1.68 bits per heavy atom. The van der Waals surface area contributed by atoms with Crippen LogP contribution in [0.15, 0.2) is 18.2 Å². The van der Waals surface area contributed by atoms with E-state index in [1.807, 2.05) is 16.7 Å². The van der Waals surface area contributed by atoms with Gasteiger partial charge in [-0.3, -0.25) is 9.59 Å². The Hall–Kier alpha value is -1.84. The number of aryl methyl sites for hydroxylation is 2. The van der Waals surface area contributed by atoms with Gasteiger partial charge < -0.3 is 9.80 Å². The third kappa shape index (κ3) is 3.32. The van der Waals surface area contributed by atoms with E-state index >= 15 is 0 Å². The molecule has 1 aliphatic heterocycles. The zero-order valence-electron chi connectivity index (χ0n) is 13.5. The summed E-state index contributed by atoms with van der Waals surface area (Å²) in [5.41, 5.74) is 3.47. The van der Waals surface area contributed by atoms with Crippen molar-refractivity contribution in [1.82, 2.24) is 9.80 Å². The fourth-order valence-corrected chi connectivity index (χ4v) is 3.03. The lowest BCUT2D eigenvalue weighted by Gasteiger charge is -2.35. The van der Waals surface area contributed by atoms with Crippen LogP contribution in [0.2, 0.25) is 0 Å². The van der Waals surface area contributed by atoms with Crippen LogP contribution in [0.25, 0.3) is 0 Å². The van der Waals surface area contributed by atoms with E-state index in [-0.39, 0.29) is 11.8 Å². The molecule has 2 amide bonds. The van der Waals surface area contributed by atoms with Crippen LogP contribution >= 0.6 is 0 Å². The van der Waals surface area contributed by atoms with Crippen molar-refractivity contribution in [3.63, 3.8) is 0 Å². The standard InChI is InChI=1S/C18H24N2O2/c1-13-3-4-14(2)16(11-13)12-17(21)19-7-9-20(10-8-19)18(22)15-5-6-15/h3-4,11,15H,5-10,12H2,1-2H3. The lowest BCUT2D eigenvalue weighted by molar-refractivity contribution is -0.140. The largest absolute Gasteiger partial charge is 0.339 e. The van der Waals surface area contributed by atoms with Crippen LogP contribution in [-0.2, 0) is 16.0 Å². The molecular formula is C18H24N2O2. The molecule has 2 fully saturated rings. The van der Waals surface area contributed by atoms with Gasteiger partial charge in [-0.15, -0.1) is 0 Å². The van der Waals surface area contributed by atoms with E-state index in [0.29, 0.717) is 38.5 Å². The van der Waals surface area contributed by atoms with Crippen LogP contribution < -0.4 is 0 Å². The minimum Gasteiger partial charge on any atom is -0.339 e. The van der Waals surface area contributed by atoms with Crippen LogP contribution in [0.4, 0.5) is 0 Å². The van der Waals surface area contributed by atoms with Gasteiger partial charge in [0.2, 0.25) is 11.8 Å². The van der Waals surface area contributed by atoms with Gasteiger partial charge in [0.25, 0.3) is 0 Å². The van der Waals surface area contributed by atoms with Crippen LogP contribution in [0, 0.1) is 19.8 Å². The van der Waals surface area contributed by atoms with Gasteiger partial charge in [0.1, 0.15) is 0 Å². The second-order valence-electron chi connectivity index (χ2n) is 6.59. The van der Waals surface area contributed by atoms with Gasteiger partial charge in [-0.2, -0.15) is 0 Å². The minimum atomic E-state index is 0.173. The lowest BCUT2D eigenvalue weighted by Crippen LogP contribution is -2.51. The summed E-state index contributed by atoms with van der Waals surface area (Å²) >= 11 is 0. The van der Waals surface area contributed by atoms with Crippen molar-refractivity contribution in [2.75, 3.05) is 26.2 Å². The van der Waals surface area contributed by atoms with Crippen molar-refractivity contribution in [2.45, 2.75) is 33.1 Å². The summed E-state index contributed by atoms with van der Waals surface area (Å²) in [6, 6.07) is 6.25. The Balaban J connectivity index is 1.55. The molecular weight excluding hydrogens is 276 g/mol. The number of piperazine rings is 1. The first kappa shape index (κ1) is 15.1. The second kappa shape index (κ2) is 6.11. The monoisotopic (exact) mass is 300 g/mol. The summed E-state index contributed by atoms with van der Waals surface area (Å²) in [5.74, 6) is 0.742. The van der Waals surface area contributed by atoms with E-state index in [2.05, 4.69) is 25.1 Å². The average Bonchev–Trinajstić information content (AvgIpc) is 3.35. The maximum atomic E-state index is 12.5. The Kier molecular flexibility index (Phi) is 4.19. The number of benzene rings is 1. The predicted octanol–water partition coefficient (Wildman–Crippen LogP) is 1.93. The quantitative estimate of drug-likeness (QED) is 0.856. The van der Waals surface area contributed by atoms with Crippen molar-refractivity contribution in [2.24, 2.45) is 5.92 Å². The molecule has 3 rings (SSSR count). The van der Waals surface area contributed by atoms with Gasteiger partial charge in [0, 0.05) is 32.1 Å². The van der Waals surface area contributed by atoms with Gasteiger partial charge in [-0.05, 0) is 37.8 Å². The fraction of sp³-hybridized carbons (Fsp3) is 0.556. The fourth-order valence-electron chi connectivity index (χ4n) is 3.03. The zero-order chi connectivity index (χ0) is 15.7. The summed E-state index contributed by atoms with van der Waals surface area (Å²) in [4.78, 5) is 28.3. The third-order valence-corrected chi connectivity index (χ3v) is 4.72. The first-order valence-electron chi connectivity index (χ1n) is 8.17. The lowest BCUT2D eigenvalue weighted by atomic mass is 10.0. The molecule has 4 heteroatoms. The molecule has 1 aromatic carbocycles. The van der Waals surface area contributed by atoms with Crippen LogP contribution in [0.1, 0.15) is 29.5 Å². The summed E-state index contributed by atoms with van der Waals surface area (Å²) < 4.78 is 0. The Morgan fingerprint density at radius 3 is 2.32 bits per heavy atom. The molecule has 0 N–H and O–H groups in total. The van der Waals surface area contributed by atoms with Gasteiger partial charge >= 0.3 is 0 Å². The molecule has 2 aliphatic rings. The highest BCUT2D eigenvalue weighted by Crippen LogP contribution is 2.31. The SMILES string of the molecule is Cc1ccc(C)c(CC(=O)N2CCN(C(=O)C3CC3)CC2)c1. The molecule has 1 saturated heterocycles. The molecule has 1 saturated carbocycles.